The van der Waals surface area contributed by atoms with Gasteiger partial charge in [-0.05, 0) is 42.0 Å². The number of rotatable bonds is 9. The van der Waals surface area contributed by atoms with Crippen LogP contribution in [0.25, 0.3) is 0 Å². The third kappa shape index (κ3) is 8.87. The number of hydrogen-bond donors (Lipinski definition) is 3. The normalized spacial score (nSPS) is 15.1. The highest BCUT2D eigenvalue weighted by molar-refractivity contribution is 7.88. The van der Waals surface area contributed by atoms with Crippen LogP contribution in [0.5, 0.6) is 5.75 Å². The van der Waals surface area contributed by atoms with Crippen LogP contribution in [-0.4, -0.2) is 79.7 Å². The number of ether oxygens (including phenoxy) is 1. The Morgan fingerprint density at radius 3 is 2.14 bits per heavy atom. The van der Waals surface area contributed by atoms with Gasteiger partial charge in [-0.3, -0.25) is 19.7 Å². The Morgan fingerprint density at radius 1 is 1.03 bits per heavy atom. The summed E-state index contributed by atoms with van der Waals surface area (Å²) >= 11 is 0. The smallest absolute Gasteiger partial charge is 0.262 e. The minimum absolute atomic E-state index is 0. The van der Waals surface area contributed by atoms with Crippen molar-refractivity contribution in [1.82, 2.24) is 20.0 Å². The molecule has 0 radical (unpaired) electrons. The topological polar surface area (TPSA) is 128 Å². The summed E-state index contributed by atoms with van der Waals surface area (Å²) in [5.74, 6) is -0.913. The first-order valence-electron chi connectivity index (χ1n) is 10.6. The van der Waals surface area contributed by atoms with Gasteiger partial charge in [0.2, 0.25) is 10.0 Å². The van der Waals surface area contributed by atoms with Gasteiger partial charge in [0.1, 0.15) is 24.2 Å². The SMILES string of the molecule is CS(=O)(=O)N1CCN([C@@H](CNC(=O)c2ccc(OCc3ccc(F)cc3)cc2)C(=O)NO)CC1.Cl.Cl. The number of carbonyl (C=O) groups excluding carboxylic acids is 2. The molecular weight excluding hydrogens is 538 g/mol. The minimum Gasteiger partial charge on any atom is -0.489 e. The summed E-state index contributed by atoms with van der Waals surface area (Å²) in [7, 11) is -3.33. The summed E-state index contributed by atoms with van der Waals surface area (Å²) < 4.78 is 43.3. The number of hydrogen-bond acceptors (Lipinski definition) is 7. The molecule has 1 fully saturated rings. The molecule has 2 aromatic rings. The van der Waals surface area contributed by atoms with Gasteiger partial charge in [-0.1, -0.05) is 12.1 Å². The number of nitrogens with one attached hydrogen (secondary N) is 2. The van der Waals surface area contributed by atoms with Crippen LogP contribution in [0.2, 0.25) is 0 Å². The average molecular weight is 567 g/mol. The van der Waals surface area contributed by atoms with Crippen molar-refractivity contribution in [1.29, 1.82) is 0 Å². The van der Waals surface area contributed by atoms with E-state index in [1.54, 1.807) is 46.8 Å². The fourth-order valence-electron chi connectivity index (χ4n) is 3.55. The van der Waals surface area contributed by atoms with Crippen LogP contribution < -0.4 is 15.5 Å². The van der Waals surface area contributed by atoms with E-state index in [1.807, 2.05) is 0 Å². The molecule has 0 unspecified atom stereocenters. The summed E-state index contributed by atoms with van der Waals surface area (Å²) in [4.78, 5) is 26.4. The van der Waals surface area contributed by atoms with Crippen LogP contribution in [0.15, 0.2) is 48.5 Å². The van der Waals surface area contributed by atoms with E-state index in [9.17, 15) is 22.4 Å². The van der Waals surface area contributed by atoms with Gasteiger partial charge in [-0.25, -0.2) is 18.3 Å². The molecule has 3 N–H and O–H groups in total. The number of sulfonamides is 1. The van der Waals surface area contributed by atoms with E-state index >= 15 is 0 Å². The number of benzene rings is 2. The number of hydroxylamine groups is 1. The highest BCUT2D eigenvalue weighted by Crippen LogP contribution is 2.15. The maximum Gasteiger partial charge on any atom is 0.262 e. The second kappa shape index (κ2) is 14.3. The first kappa shape index (κ1) is 31.5. The average Bonchev–Trinajstić information content (AvgIpc) is 2.83. The second-order valence-corrected chi connectivity index (χ2v) is 9.82. The van der Waals surface area contributed by atoms with Crippen LogP contribution in [0, 0.1) is 5.82 Å². The van der Waals surface area contributed by atoms with Gasteiger partial charge in [-0.15, -0.1) is 24.8 Å². The van der Waals surface area contributed by atoms with Crippen LogP contribution >= 0.6 is 24.8 Å². The second-order valence-electron chi connectivity index (χ2n) is 7.84. The molecule has 1 aliphatic rings. The van der Waals surface area contributed by atoms with E-state index < -0.39 is 27.9 Å². The quantitative estimate of drug-likeness (QED) is 0.309. The van der Waals surface area contributed by atoms with Gasteiger partial charge in [-0.2, -0.15) is 4.31 Å². The lowest BCUT2D eigenvalue weighted by molar-refractivity contribution is -0.135. The lowest BCUT2D eigenvalue weighted by Gasteiger charge is -2.37. The molecule has 1 aliphatic heterocycles. The molecule has 10 nitrogen and oxygen atoms in total. The van der Waals surface area contributed by atoms with E-state index in [0.29, 0.717) is 11.3 Å². The van der Waals surface area contributed by atoms with Crippen molar-refractivity contribution in [3.05, 3.63) is 65.5 Å². The van der Waals surface area contributed by atoms with E-state index in [4.69, 9.17) is 9.94 Å². The highest BCUT2D eigenvalue weighted by Gasteiger charge is 2.31. The molecule has 2 amide bonds. The third-order valence-corrected chi connectivity index (χ3v) is 6.79. The van der Waals surface area contributed by atoms with Gasteiger partial charge in [0.25, 0.3) is 11.8 Å². The van der Waals surface area contributed by atoms with Crippen molar-refractivity contribution in [3.63, 3.8) is 0 Å². The van der Waals surface area contributed by atoms with Gasteiger partial charge < -0.3 is 10.1 Å². The Labute approximate surface area is 221 Å². The Balaban J connectivity index is 0.00000324. The van der Waals surface area contributed by atoms with Crippen molar-refractivity contribution in [2.75, 3.05) is 39.0 Å². The van der Waals surface area contributed by atoms with Gasteiger partial charge >= 0.3 is 0 Å². The predicted molar refractivity (Wildman–Crippen MR) is 136 cm³/mol. The van der Waals surface area contributed by atoms with Crippen LogP contribution in [-0.2, 0) is 21.4 Å². The monoisotopic (exact) mass is 566 g/mol. The van der Waals surface area contributed by atoms with E-state index in [2.05, 4.69) is 5.32 Å². The summed E-state index contributed by atoms with van der Waals surface area (Å²) in [6, 6.07) is 11.5. The number of carbonyl (C=O) groups is 2. The van der Waals surface area contributed by atoms with E-state index in [0.717, 1.165) is 11.8 Å². The molecule has 0 aromatic heterocycles. The summed E-state index contributed by atoms with van der Waals surface area (Å²) in [5, 5.41) is 11.8. The summed E-state index contributed by atoms with van der Waals surface area (Å²) in [5.41, 5.74) is 2.75. The zero-order chi connectivity index (χ0) is 24.7. The molecule has 36 heavy (non-hydrogen) atoms. The zero-order valence-corrected chi connectivity index (χ0v) is 21.9. The number of nitrogens with zero attached hydrogens (tertiary/aromatic N) is 2. The number of amides is 2. The maximum absolute atomic E-state index is 13.0. The third-order valence-electron chi connectivity index (χ3n) is 5.49. The minimum atomic E-state index is -3.33. The van der Waals surface area contributed by atoms with Crippen molar-refractivity contribution >= 4 is 46.7 Å². The van der Waals surface area contributed by atoms with E-state index in [-0.39, 0.29) is 70.0 Å². The van der Waals surface area contributed by atoms with E-state index in [1.165, 1.54) is 16.4 Å². The molecule has 0 bridgehead atoms. The van der Waals surface area contributed by atoms with Gasteiger partial charge in [0.15, 0.2) is 0 Å². The summed E-state index contributed by atoms with van der Waals surface area (Å²) in [6.45, 7) is 1.15. The molecule has 2 aromatic carbocycles. The fraction of sp³-hybridized carbons (Fsp3) is 0.364. The lowest BCUT2D eigenvalue weighted by Crippen LogP contribution is -2.58. The van der Waals surface area contributed by atoms with Crippen LogP contribution in [0.4, 0.5) is 4.39 Å². The molecule has 1 heterocycles. The molecule has 1 saturated heterocycles. The van der Waals surface area contributed by atoms with Crippen LogP contribution in [0.1, 0.15) is 15.9 Å². The molecule has 1 atom stereocenters. The Bertz CT molecular complexity index is 1100. The Morgan fingerprint density at radius 2 is 1.61 bits per heavy atom. The summed E-state index contributed by atoms with van der Waals surface area (Å²) in [6.07, 6.45) is 1.12. The lowest BCUT2D eigenvalue weighted by atomic mass is 10.1. The first-order chi connectivity index (χ1) is 16.2. The van der Waals surface area contributed by atoms with Crippen molar-refractivity contribution in [2.45, 2.75) is 12.6 Å². The predicted octanol–water partition coefficient (Wildman–Crippen LogP) is 1.43. The van der Waals surface area contributed by atoms with Gasteiger partial charge in [0.05, 0.1) is 6.26 Å². The first-order valence-corrected chi connectivity index (χ1v) is 12.4. The standard InChI is InChI=1S/C22H27FN4O6S.2ClH/c1-34(31,32)27-12-10-26(11-13-27)20(22(29)25-30)14-24-21(28)17-4-8-19(9-5-17)33-15-16-2-6-18(23)7-3-16;;/h2-9,20,30H,10-15H2,1H3,(H,24,28)(H,25,29);2*1H/t20-;;/m0../s1. The van der Waals surface area contributed by atoms with Crippen molar-refractivity contribution in [3.8, 4) is 5.75 Å². The molecule has 0 saturated carbocycles. The highest BCUT2D eigenvalue weighted by atomic mass is 35.5. The largest absolute Gasteiger partial charge is 0.489 e. The van der Waals surface area contributed by atoms with Crippen molar-refractivity contribution in [2.24, 2.45) is 0 Å². The molecule has 0 aliphatic carbocycles. The van der Waals surface area contributed by atoms with Gasteiger partial charge in [0, 0.05) is 38.3 Å². The molecule has 3 rings (SSSR count). The Kier molecular flexibility index (Phi) is 12.5. The van der Waals surface area contributed by atoms with Crippen molar-refractivity contribution < 1.29 is 32.3 Å². The molecule has 14 heteroatoms. The number of piperazine rings is 1. The zero-order valence-electron chi connectivity index (χ0n) is 19.4. The number of halogens is 3. The fourth-order valence-corrected chi connectivity index (χ4v) is 4.38. The molecule has 0 spiro atoms. The molecular formula is C22H29Cl2FN4O6S. The van der Waals surface area contributed by atoms with Crippen LogP contribution in [0.3, 0.4) is 0 Å². The molecule has 200 valence electrons. The maximum atomic E-state index is 13.0. The Hall–Kier alpha value is -2.48.